The second-order valence-electron chi connectivity index (χ2n) is 10.5. The van der Waals surface area contributed by atoms with Gasteiger partial charge in [-0.05, 0) is 62.7 Å². The minimum Gasteiger partial charge on any atom is -0.493 e. The van der Waals surface area contributed by atoms with E-state index in [2.05, 4.69) is 17.5 Å². The number of hydrogen-bond acceptors (Lipinski definition) is 7. The molecule has 6 rings (SSSR count). The number of carbonyl (C=O) groups is 2. The summed E-state index contributed by atoms with van der Waals surface area (Å²) in [5.41, 5.74) is -1.42. The van der Waals surface area contributed by atoms with E-state index in [9.17, 15) is 14.9 Å². The lowest BCUT2D eigenvalue weighted by molar-refractivity contribution is -0.134. The van der Waals surface area contributed by atoms with Crippen LogP contribution < -0.4 is 15.0 Å². The predicted octanol–water partition coefficient (Wildman–Crippen LogP) is 4.21. The smallest absolute Gasteiger partial charge is 0.258 e. The summed E-state index contributed by atoms with van der Waals surface area (Å²) in [5.74, 6) is -0.674. The van der Waals surface area contributed by atoms with E-state index in [1.165, 1.54) is 4.90 Å². The molecule has 1 N–H and O–H groups in total. The van der Waals surface area contributed by atoms with Crippen molar-refractivity contribution < 1.29 is 19.1 Å². The Kier molecular flexibility index (Phi) is 5.73. The average Bonchev–Trinajstić information content (AvgIpc) is 3.56. The maximum absolute atomic E-state index is 14.5. The second-order valence-corrected chi connectivity index (χ2v) is 10.5. The van der Waals surface area contributed by atoms with E-state index in [1.54, 1.807) is 43.4 Å². The summed E-state index contributed by atoms with van der Waals surface area (Å²) in [7, 11) is 1.73. The molecule has 4 atom stereocenters. The number of likely N-dealkylation sites (N-methyl/N-ethyl adjacent to an activating group) is 1. The monoisotopic (exact) mass is 520 g/mol. The summed E-state index contributed by atoms with van der Waals surface area (Å²) in [5, 5.41) is 23.4. The molecule has 3 aromatic rings. The molecular formula is C31H28N4O4. The molecule has 3 aliphatic heterocycles. The van der Waals surface area contributed by atoms with Crippen molar-refractivity contribution in [2.45, 2.75) is 49.3 Å². The van der Waals surface area contributed by atoms with Gasteiger partial charge in [-0.1, -0.05) is 31.2 Å². The highest BCUT2D eigenvalue weighted by Gasteiger charge is 2.82. The summed E-state index contributed by atoms with van der Waals surface area (Å²) < 4.78 is 12.8. The van der Waals surface area contributed by atoms with Crippen LogP contribution in [0.3, 0.4) is 0 Å². The molecule has 8 nitrogen and oxygen atoms in total. The largest absolute Gasteiger partial charge is 0.493 e. The van der Waals surface area contributed by atoms with Gasteiger partial charge in [0.05, 0.1) is 47.1 Å². The number of imide groups is 1. The Bertz CT molecular complexity index is 1590. The van der Waals surface area contributed by atoms with Crippen molar-refractivity contribution in [2.24, 2.45) is 5.92 Å². The van der Waals surface area contributed by atoms with E-state index in [4.69, 9.17) is 14.7 Å². The number of fused-ring (bicyclic) bond motifs is 6. The fraction of sp³-hybridized carbons (Fsp3) is 0.355. The van der Waals surface area contributed by atoms with Crippen LogP contribution in [0.25, 0.3) is 10.8 Å². The Hall–Kier alpha value is -4.24. The molecule has 0 saturated carbocycles. The Labute approximate surface area is 226 Å². The Morgan fingerprint density at radius 2 is 1.77 bits per heavy atom. The van der Waals surface area contributed by atoms with Crippen LogP contribution in [0.15, 0.2) is 60.7 Å². The maximum atomic E-state index is 14.5. The minimum absolute atomic E-state index is 0.277. The second kappa shape index (κ2) is 8.91. The number of nitrogens with zero attached hydrogens (tertiary/aromatic N) is 3. The van der Waals surface area contributed by atoms with Crippen LogP contribution in [-0.4, -0.2) is 42.2 Å². The number of rotatable bonds is 7. The fourth-order valence-electron chi connectivity index (χ4n) is 7.25. The van der Waals surface area contributed by atoms with Crippen molar-refractivity contribution >= 4 is 28.3 Å². The Balaban J connectivity index is 1.40. The minimum atomic E-state index is -1.25. The van der Waals surface area contributed by atoms with Crippen molar-refractivity contribution in [3.63, 3.8) is 0 Å². The van der Waals surface area contributed by atoms with E-state index in [-0.39, 0.29) is 18.4 Å². The predicted molar refractivity (Wildman–Crippen MR) is 144 cm³/mol. The van der Waals surface area contributed by atoms with Crippen LogP contribution in [0, 0.1) is 28.6 Å². The zero-order valence-corrected chi connectivity index (χ0v) is 21.9. The zero-order valence-electron chi connectivity index (χ0n) is 21.9. The number of nitriles is 2. The number of carbonyl (C=O) groups excluding carboxylic acids is 2. The summed E-state index contributed by atoms with van der Waals surface area (Å²) in [6.45, 7) is 2.29. The van der Waals surface area contributed by atoms with Crippen LogP contribution in [0.2, 0.25) is 0 Å². The van der Waals surface area contributed by atoms with Crippen molar-refractivity contribution in [2.75, 3.05) is 18.6 Å². The number of amides is 2. The van der Waals surface area contributed by atoms with Gasteiger partial charge in [-0.15, -0.1) is 0 Å². The normalized spacial score (nSPS) is 28.9. The molecule has 3 saturated heterocycles. The first-order valence-corrected chi connectivity index (χ1v) is 13.2. The first-order valence-electron chi connectivity index (χ1n) is 13.2. The van der Waals surface area contributed by atoms with Gasteiger partial charge in [-0.25, -0.2) is 4.90 Å². The topological polar surface area (TPSA) is 115 Å². The number of hydrogen-bond donors (Lipinski definition) is 1. The molecule has 8 heteroatoms. The number of benzene rings is 3. The van der Waals surface area contributed by atoms with Crippen LogP contribution in [0.5, 0.6) is 5.75 Å². The molecule has 2 bridgehead atoms. The molecule has 3 aromatic carbocycles. The van der Waals surface area contributed by atoms with E-state index >= 15 is 0 Å². The lowest BCUT2D eigenvalue weighted by Crippen LogP contribution is -2.68. The third-order valence-corrected chi connectivity index (χ3v) is 9.05. The van der Waals surface area contributed by atoms with Gasteiger partial charge in [0.15, 0.2) is 0 Å². The van der Waals surface area contributed by atoms with Gasteiger partial charge in [0.1, 0.15) is 16.9 Å². The highest BCUT2D eigenvalue weighted by molar-refractivity contribution is 6.29. The Morgan fingerprint density at radius 3 is 2.44 bits per heavy atom. The number of ether oxygens (including phenoxy) is 2. The molecule has 2 amide bonds. The summed E-state index contributed by atoms with van der Waals surface area (Å²) >= 11 is 0. The molecule has 0 spiro atoms. The molecule has 3 unspecified atom stereocenters. The first kappa shape index (κ1) is 25.1. The van der Waals surface area contributed by atoms with Crippen LogP contribution in [-0.2, 0) is 14.3 Å². The molecule has 3 heterocycles. The summed E-state index contributed by atoms with van der Waals surface area (Å²) in [6.07, 6.45) is 2.30. The van der Waals surface area contributed by atoms with Gasteiger partial charge in [0, 0.05) is 17.2 Å². The van der Waals surface area contributed by atoms with Crippen LogP contribution in [0.4, 0.5) is 5.69 Å². The van der Waals surface area contributed by atoms with Crippen molar-refractivity contribution in [3.05, 3.63) is 71.8 Å². The van der Waals surface area contributed by atoms with Gasteiger partial charge >= 0.3 is 0 Å². The third kappa shape index (κ3) is 3.22. The molecule has 0 radical (unpaired) electrons. The molecule has 3 aliphatic rings. The first-order chi connectivity index (χ1) is 18.9. The van der Waals surface area contributed by atoms with E-state index in [0.717, 1.165) is 0 Å². The fourth-order valence-corrected chi connectivity index (χ4v) is 7.25. The highest BCUT2D eigenvalue weighted by Crippen LogP contribution is 2.65. The van der Waals surface area contributed by atoms with Gasteiger partial charge in [-0.3, -0.25) is 9.59 Å². The summed E-state index contributed by atoms with van der Waals surface area (Å²) in [4.78, 5) is 30.1. The van der Waals surface area contributed by atoms with Crippen LogP contribution >= 0.6 is 0 Å². The SMILES string of the molecule is CCC12CCC(CCOc3ccc(C#N)cc3)(O1)[C@]1(NC)C(=O)N(c3ccc(C#N)c4ccccc34)C(=O)C21. The summed E-state index contributed by atoms with van der Waals surface area (Å²) in [6, 6.07) is 21.9. The zero-order chi connectivity index (χ0) is 27.4. The molecular weight excluding hydrogens is 492 g/mol. The number of nitrogens with one attached hydrogen (secondary N) is 1. The molecule has 196 valence electrons. The highest BCUT2D eigenvalue weighted by atomic mass is 16.5. The van der Waals surface area contributed by atoms with E-state index < -0.39 is 22.7 Å². The molecule has 0 aliphatic carbocycles. The Morgan fingerprint density at radius 1 is 1.03 bits per heavy atom. The van der Waals surface area contributed by atoms with Crippen LogP contribution in [0.1, 0.15) is 43.7 Å². The van der Waals surface area contributed by atoms with Crippen molar-refractivity contribution in [1.29, 1.82) is 10.5 Å². The van der Waals surface area contributed by atoms with Gasteiger partial charge in [-0.2, -0.15) is 10.5 Å². The number of anilines is 1. The maximum Gasteiger partial charge on any atom is 0.258 e. The van der Waals surface area contributed by atoms with Crippen molar-refractivity contribution in [3.8, 4) is 17.9 Å². The average molecular weight is 521 g/mol. The molecule has 39 heavy (non-hydrogen) atoms. The van der Waals surface area contributed by atoms with E-state index in [1.807, 2.05) is 31.2 Å². The van der Waals surface area contributed by atoms with Gasteiger partial charge in [0.25, 0.3) is 5.91 Å². The van der Waals surface area contributed by atoms with Gasteiger partial charge in [0.2, 0.25) is 5.91 Å². The third-order valence-electron chi connectivity index (χ3n) is 9.05. The quantitative estimate of drug-likeness (QED) is 0.464. The lowest BCUT2D eigenvalue weighted by Gasteiger charge is -2.42. The molecule has 0 aromatic heterocycles. The van der Waals surface area contributed by atoms with E-state index in [0.29, 0.717) is 59.0 Å². The van der Waals surface area contributed by atoms with Crippen molar-refractivity contribution in [1.82, 2.24) is 5.32 Å². The van der Waals surface area contributed by atoms with Gasteiger partial charge < -0.3 is 14.8 Å². The molecule has 3 fully saturated rings. The lowest BCUT2D eigenvalue weighted by atomic mass is 9.61. The standard InChI is InChI=1S/C31H28N4O4/c1-3-29-14-15-30(39-29,16-17-38-22-11-8-20(18-32)9-12-22)31(34-2)26(29)27(36)35(28(31)37)25-13-10-21(19-33)23-6-4-5-7-24(23)25/h4-13,26,34H,3,14-17H2,1-2H3/t26?,29?,30?,31-/m1/s1.